The molecule has 0 spiro atoms. The van der Waals surface area contributed by atoms with E-state index in [0.29, 0.717) is 17.2 Å². The normalized spacial score (nSPS) is 16.2. The standard InChI is InChI=1S/C15H20N2O2/c1-11-7-9-17(10-8-11)15(19)13-5-3-4-6-14(13)16-12(2)18/h3-6,11H,7-10H2,1-2H3,(H,16,18). The van der Waals surface area contributed by atoms with E-state index in [2.05, 4.69) is 12.2 Å². The van der Waals surface area contributed by atoms with Crippen molar-refractivity contribution in [3.05, 3.63) is 29.8 Å². The number of nitrogens with one attached hydrogen (secondary N) is 1. The molecule has 1 aromatic carbocycles. The number of benzene rings is 1. The molecule has 0 atom stereocenters. The van der Waals surface area contributed by atoms with Crippen LogP contribution in [-0.4, -0.2) is 29.8 Å². The van der Waals surface area contributed by atoms with Gasteiger partial charge in [0.05, 0.1) is 11.3 Å². The number of hydrogen-bond acceptors (Lipinski definition) is 2. The van der Waals surface area contributed by atoms with Crippen LogP contribution in [0.5, 0.6) is 0 Å². The molecule has 0 bridgehead atoms. The molecule has 4 nitrogen and oxygen atoms in total. The minimum Gasteiger partial charge on any atom is -0.339 e. The number of anilines is 1. The maximum absolute atomic E-state index is 12.5. The molecule has 1 N–H and O–H groups in total. The minimum absolute atomic E-state index is 0.0104. The van der Waals surface area contributed by atoms with Crippen molar-refractivity contribution in [2.45, 2.75) is 26.7 Å². The molecule has 0 aromatic heterocycles. The van der Waals surface area contributed by atoms with Gasteiger partial charge in [-0.05, 0) is 30.9 Å². The Balaban J connectivity index is 2.16. The smallest absolute Gasteiger partial charge is 0.255 e. The lowest BCUT2D eigenvalue weighted by molar-refractivity contribution is -0.114. The van der Waals surface area contributed by atoms with E-state index in [1.54, 1.807) is 12.1 Å². The van der Waals surface area contributed by atoms with Gasteiger partial charge >= 0.3 is 0 Å². The van der Waals surface area contributed by atoms with Crippen molar-refractivity contribution in [2.75, 3.05) is 18.4 Å². The first-order valence-electron chi connectivity index (χ1n) is 6.74. The summed E-state index contributed by atoms with van der Waals surface area (Å²) in [6.07, 6.45) is 2.10. The lowest BCUT2D eigenvalue weighted by Crippen LogP contribution is -2.38. The molecule has 1 saturated heterocycles. The van der Waals surface area contributed by atoms with Crippen LogP contribution in [0.1, 0.15) is 37.0 Å². The molecule has 1 aliphatic rings. The van der Waals surface area contributed by atoms with Crippen LogP contribution >= 0.6 is 0 Å². The topological polar surface area (TPSA) is 49.4 Å². The average Bonchev–Trinajstić information content (AvgIpc) is 2.39. The zero-order valence-electron chi connectivity index (χ0n) is 11.5. The maximum atomic E-state index is 12.5. The molecule has 0 unspecified atom stereocenters. The molecule has 0 saturated carbocycles. The number of carbonyl (C=O) groups excluding carboxylic acids is 2. The Bertz CT molecular complexity index is 477. The van der Waals surface area contributed by atoms with Crippen LogP contribution < -0.4 is 5.32 Å². The highest BCUT2D eigenvalue weighted by Crippen LogP contribution is 2.22. The highest BCUT2D eigenvalue weighted by molar-refractivity contribution is 6.03. The number of para-hydroxylation sites is 1. The van der Waals surface area contributed by atoms with Crippen molar-refractivity contribution in [2.24, 2.45) is 5.92 Å². The fourth-order valence-electron chi connectivity index (χ4n) is 2.35. The van der Waals surface area contributed by atoms with Crippen LogP contribution in [0, 0.1) is 5.92 Å². The van der Waals surface area contributed by atoms with Gasteiger partial charge in [-0.1, -0.05) is 19.1 Å². The number of nitrogens with zero attached hydrogens (tertiary/aromatic N) is 1. The van der Waals surface area contributed by atoms with Gasteiger partial charge in [0, 0.05) is 20.0 Å². The molecule has 1 fully saturated rings. The van der Waals surface area contributed by atoms with Crippen LogP contribution in [0.3, 0.4) is 0 Å². The molecule has 4 heteroatoms. The van der Waals surface area contributed by atoms with Gasteiger partial charge < -0.3 is 10.2 Å². The first-order valence-corrected chi connectivity index (χ1v) is 6.74. The van der Waals surface area contributed by atoms with Crippen molar-refractivity contribution >= 4 is 17.5 Å². The van der Waals surface area contributed by atoms with Crippen molar-refractivity contribution in [1.29, 1.82) is 0 Å². The fourth-order valence-corrected chi connectivity index (χ4v) is 2.35. The summed E-state index contributed by atoms with van der Waals surface area (Å²) in [7, 11) is 0. The summed E-state index contributed by atoms with van der Waals surface area (Å²) in [6, 6.07) is 7.18. The highest BCUT2D eigenvalue weighted by atomic mass is 16.2. The van der Waals surface area contributed by atoms with E-state index in [9.17, 15) is 9.59 Å². The van der Waals surface area contributed by atoms with Gasteiger partial charge in [0.15, 0.2) is 0 Å². The summed E-state index contributed by atoms with van der Waals surface area (Å²) >= 11 is 0. The van der Waals surface area contributed by atoms with Crippen LogP contribution in [0.2, 0.25) is 0 Å². The van der Waals surface area contributed by atoms with Crippen molar-refractivity contribution in [1.82, 2.24) is 4.90 Å². The number of rotatable bonds is 2. The third-order valence-corrected chi connectivity index (χ3v) is 3.54. The molecule has 2 amide bonds. The maximum Gasteiger partial charge on any atom is 0.255 e. The molecular formula is C15H20N2O2. The summed E-state index contributed by atoms with van der Waals surface area (Å²) in [5.41, 5.74) is 1.17. The molecule has 1 aliphatic heterocycles. The quantitative estimate of drug-likeness (QED) is 0.888. The number of likely N-dealkylation sites (tertiary alicyclic amines) is 1. The number of carbonyl (C=O) groups is 2. The van der Waals surface area contributed by atoms with Crippen molar-refractivity contribution in [3.63, 3.8) is 0 Å². The zero-order valence-corrected chi connectivity index (χ0v) is 11.5. The number of hydrogen-bond donors (Lipinski definition) is 1. The first kappa shape index (κ1) is 13.6. The summed E-state index contributed by atoms with van der Waals surface area (Å²) in [5, 5.41) is 2.72. The number of amides is 2. The third-order valence-electron chi connectivity index (χ3n) is 3.54. The van der Waals surface area contributed by atoms with Crippen LogP contribution in [0.4, 0.5) is 5.69 Å². The molecule has 0 radical (unpaired) electrons. The molecule has 0 aliphatic carbocycles. The van der Waals surface area contributed by atoms with Crippen LogP contribution in [0.25, 0.3) is 0 Å². The SMILES string of the molecule is CC(=O)Nc1ccccc1C(=O)N1CCC(C)CC1. The van der Waals surface area contributed by atoms with Gasteiger partial charge in [0.1, 0.15) is 0 Å². The predicted octanol–water partition coefficient (Wildman–Crippen LogP) is 2.52. The van der Waals surface area contributed by atoms with E-state index in [1.807, 2.05) is 17.0 Å². The van der Waals surface area contributed by atoms with Crippen LogP contribution in [0.15, 0.2) is 24.3 Å². The Morgan fingerprint density at radius 1 is 1.21 bits per heavy atom. The van der Waals surface area contributed by atoms with E-state index >= 15 is 0 Å². The van der Waals surface area contributed by atoms with E-state index in [1.165, 1.54) is 6.92 Å². The Kier molecular flexibility index (Phi) is 4.20. The first-order chi connectivity index (χ1) is 9.08. The summed E-state index contributed by atoms with van der Waals surface area (Å²) in [6.45, 7) is 5.26. The molecule has 1 heterocycles. The monoisotopic (exact) mass is 260 g/mol. The van der Waals surface area contributed by atoms with Gasteiger partial charge in [-0.2, -0.15) is 0 Å². The second kappa shape index (κ2) is 5.87. The van der Waals surface area contributed by atoms with Gasteiger partial charge in [0.2, 0.25) is 5.91 Å². The van der Waals surface area contributed by atoms with E-state index in [-0.39, 0.29) is 11.8 Å². The molecule has 1 aromatic rings. The lowest BCUT2D eigenvalue weighted by atomic mass is 9.98. The predicted molar refractivity (Wildman–Crippen MR) is 75.0 cm³/mol. The Morgan fingerprint density at radius 3 is 2.47 bits per heavy atom. The summed E-state index contributed by atoms with van der Waals surface area (Å²) < 4.78 is 0. The Labute approximate surface area is 113 Å². The fraction of sp³-hybridized carbons (Fsp3) is 0.467. The van der Waals surface area contributed by atoms with Gasteiger partial charge in [-0.15, -0.1) is 0 Å². The largest absolute Gasteiger partial charge is 0.339 e. The van der Waals surface area contributed by atoms with E-state index in [4.69, 9.17) is 0 Å². The second-order valence-electron chi connectivity index (χ2n) is 5.20. The summed E-state index contributed by atoms with van der Waals surface area (Å²) in [4.78, 5) is 25.5. The van der Waals surface area contributed by atoms with Gasteiger partial charge in [-0.25, -0.2) is 0 Å². The lowest BCUT2D eigenvalue weighted by Gasteiger charge is -2.30. The minimum atomic E-state index is -0.160. The molecular weight excluding hydrogens is 240 g/mol. The molecule has 2 rings (SSSR count). The highest BCUT2D eigenvalue weighted by Gasteiger charge is 2.23. The van der Waals surface area contributed by atoms with Crippen molar-refractivity contribution < 1.29 is 9.59 Å². The number of piperidine rings is 1. The molecule has 102 valence electrons. The Hall–Kier alpha value is -1.84. The van der Waals surface area contributed by atoms with E-state index in [0.717, 1.165) is 25.9 Å². The molecule has 19 heavy (non-hydrogen) atoms. The van der Waals surface area contributed by atoms with Gasteiger partial charge in [-0.3, -0.25) is 9.59 Å². The second-order valence-corrected chi connectivity index (χ2v) is 5.20. The summed E-state index contributed by atoms with van der Waals surface area (Å²) in [5.74, 6) is 0.540. The zero-order chi connectivity index (χ0) is 13.8. The third kappa shape index (κ3) is 3.34. The van der Waals surface area contributed by atoms with E-state index < -0.39 is 0 Å². The van der Waals surface area contributed by atoms with Gasteiger partial charge in [0.25, 0.3) is 5.91 Å². The average molecular weight is 260 g/mol. The Morgan fingerprint density at radius 2 is 1.84 bits per heavy atom. The van der Waals surface area contributed by atoms with Crippen molar-refractivity contribution in [3.8, 4) is 0 Å². The van der Waals surface area contributed by atoms with Crippen LogP contribution in [-0.2, 0) is 4.79 Å².